The van der Waals surface area contributed by atoms with Crippen LogP contribution in [0.5, 0.6) is 23.0 Å². The van der Waals surface area contributed by atoms with Gasteiger partial charge in [0.25, 0.3) is 11.8 Å². The van der Waals surface area contributed by atoms with E-state index in [2.05, 4.69) is 43.2 Å². The van der Waals surface area contributed by atoms with Crippen molar-refractivity contribution < 1.29 is 38.9 Å². The first kappa shape index (κ1) is 40.7. The lowest BCUT2D eigenvalue weighted by Crippen LogP contribution is -2.27. The molecular weight excluding hydrogens is 753 g/mol. The van der Waals surface area contributed by atoms with Gasteiger partial charge in [-0.2, -0.15) is 15.4 Å². The minimum absolute atomic E-state index is 0.0548. The maximum Gasteiger partial charge on any atom is 0.259 e. The molecule has 0 fully saturated rings. The molecule has 59 heavy (non-hydrogen) atoms. The summed E-state index contributed by atoms with van der Waals surface area (Å²) in [7, 11) is 2.62. The van der Waals surface area contributed by atoms with E-state index in [0.717, 1.165) is 16.7 Å². The number of anilines is 3. The third kappa shape index (κ3) is 9.91. The van der Waals surface area contributed by atoms with Crippen LogP contribution in [0.25, 0.3) is 0 Å². The van der Waals surface area contributed by atoms with Crippen molar-refractivity contribution in [2.45, 2.75) is 26.7 Å². The Balaban J connectivity index is 1.10. The van der Waals surface area contributed by atoms with E-state index >= 15 is 0 Å². The Morgan fingerprint density at radius 2 is 1.27 bits per heavy atom. The molecule has 0 aliphatic rings. The van der Waals surface area contributed by atoms with Crippen LogP contribution in [0.15, 0.2) is 103 Å². The molecule has 0 radical (unpaired) electrons. The van der Waals surface area contributed by atoms with Crippen molar-refractivity contribution in [3.8, 4) is 34.8 Å². The molecule has 3 amide bonds. The molecule has 1 atom stereocenters. The number of nitrogens with zero attached hydrogens (tertiary/aromatic N) is 2. The van der Waals surface area contributed by atoms with E-state index in [1.54, 1.807) is 43.3 Å². The summed E-state index contributed by atoms with van der Waals surface area (Å²) in [4.78, 5) is 53.4. The third-order valence-electron chi connectivity index (χ3n) is 9.36. The topological polar surface area (TPSA) is 205 Å². The summed E-state index contributed by atoms with van der Waals surface area (Å²) >= 11 is 0. The van der Waals surface area contributed by atoms with Gasteiger partial charge in [0.05, 0.1) is 49.0 Å². The number of carbonyl (C=O) groups is 4. The standard InChI is InChI=1S/C45H40N6O8/c1-26-5-8-28(9-6-26)10-11-29-12-14-30(15-13-29)38(52)24-32(23-34-25-46-51-50-34)44(56)47-33-18-16-31(17-19-33)43(55)48-37-22-20-35(40(54)42(37)59-4)45(57)49-36-21-7-27(2)39(53)41(36)58-3/h5-9,12-22,25,32,53-54H,23-24H2,1-4H3,(H,47,56)(H,48,55)(H,49,57)(H,46,50,51)/t32-/m1/s1. The number of ether oxygens (including phenoxy) is 2. The predicted molar refractivity (Wildman–Crippen MR) is 221 cm³/mol. The lowest BCUT2D eigenvalue weighted by atomic mass is 9.93. The number of benzene rings is 5. The number of carbonyl (C=O) groups excluding carboxylic acids is 4. The molecule has 298 valence electrons. The van der Waals surface area contributed by atoms with Gasteiger partial charge in [0.2, 0.25) is 5.91 Å². The van der Waals surface area contributed by atoms with Crippen LogP contribution in [0.1, 0.15) is 65.4 Å². The molecule has 0 unspecified atom stereocenters. The summed E-state index contributed by atoms with van der Waals surface area (Å²) in [5.74, 6) is 2.68. The Morgan fingerprint density at radius 1 is 0.695 bits per heavy atom. The molecule has 0 bridgehead atoms. The molecule has 1 heterocycles. The zero-order valence-corrected chi connectivity index (χ0v) is 32.5. The first-order valence-electron chi connectivity index (χ1n) is 18.3. The van der Waals surface area contributed by atoms with Gasteiger partial charge >= 0.3 is 0 Å². The van der Waals surface area contributed by atoms with E-state index in [1.807, 2.05) is 31.2 Å². The van der Waals surface area contributed by atoms with E-state index in [0.29, 0.717) is 22.5 Å². The number of aryl methyl sites for hydroxylation is 2. The van der Waals surface area contributed by atoms with Crippen molar-refractivity contribution in [2.24, 2.45) is 5.92 Å². The third-order valence-corrected chi connectivity index (χ3v) is 9.36. The zero-order valence-electron chi connectivity index (χ0n) is 32.5. The second-order valence-electron chi connectivity index (χ2n) is 13.5. The lowest BCUT2D eigenvalue weighted by Gasteiger charge is -2.17. The average molecular weight is 793 g/mol. The average Bonchev–Trinajstić information content (AvgIpc) is 3.75. The number of aromatic nitrogens is 3. The van der Waals surface area contributed by atoms with Gasteiger partial charge in [-0.1, -0.05) is 47.7 Å². The maximum atomic E-state index is 13.6. The van der Waals surface area contributed by atoms with E-state index in [4.69, 9.17) is 9.47 Å². The van der Waals surface area contributed by atoms with Gasteiger partial charge in [-0.05, 0) is 86.1 Å². The number of Topliss-reactive ketones (excluding diaryl/α,β-unsaturated/α-hetero) is 1. The minimum Gasteiger partial charge on any atom is -0.504 e. The second-order valence-corrected chi connectivity index (χ2v) is 13.5. The molecule has 6 aromatic rings. The van der Waals surface area contributed by atoms with Gasteiger partial charge in [0.1, 0.15) is 0 Å². The maximum absolute atomic E-state index is 13.6. The van der Waals surface area contributed by atoms with Crippen LogP contribution in [0.4, 0.5) is 17.1 Å². The number of amides is 3. The lowest BCUT2D eigenvalue weighted by molar-refractivity contribution is -0.119. The fourth-order valence-corrected chi connectivity index (χ4v) is 6.06. The summed E-state index contributed by atoms with van der Waals surface area (Å²) in [5.41, 5.74) is 4.94. The van der Waals surface area contributed by atoms with Crippen molar-refractivity contribution >= 4 is 40.6 Å². The second kappa shape index (κ2) is 18.4. The summed E-state index contributed by atoms with van der Waals surface area (Å²) in [6, 6.07) is 26.7. The van der Waals surface area contributed by atoms with Crippen molar-refractivity contribution in [2.75, 3.05) is 30.2 Å². The smallest absolute Gasteiger partial charge is 0.259 e. The molecule has 14 heteroatoms. The highest BCUT2D eigenvalue weighted by atomic mass is 16.5. The Hall–Kier alpha value is -7.92. The van der Waals surface area contributed by atoms with Crippen LogP contribution < -0.4 is 25.4 Å². The van der Waals surface area contributed by atoms with Crippen molar-refractivity contribution in [3.63, 3.8) is 0 Å². The minimum atomic E-state index is -0.798. The highest BCUT2D eigenvalue weighted by Gasteiger charge is 2.25. The van der Waals surface area contributed by atoms with Crippen molar-refractivity contribution in [1.29, 1.82) is 0 Å². The number of ketones is 1. The molecule has 6 rings (SSSR count). The number of nitrogens with one attached hydrogen (secondary N) is 4. The summed E-state index contributed by atoms with van der Waals surface area (Å²) in [6.07, 6.45) is 1.53. The molecular formula is C45H40N6O8. The van der Waals surface area contributed by atoms with Crippen molar-refractivity contribution in [1.82, 2.24) is 15.4 Å². The van der Waals surface area contributed by atoms with Crippen LogP contribution >= 0.6 is 0 Å². The molecule has 5 aromatic carbocycles. The van der Waals surface area contributed by atoms with E-state index in [9.17, 15) is 29.4 Å². The first-order chi connectivity index (χ1) is 28.4. The largest absolute Gasteiger partial charge is 0.504 e. The Bertz CT molecular complexity index is 2560. The molecule has 6 N–H and O–H groups in total. The van der Waals surface area contributed by atoms with Crippen LogP contribution in [-0.2, 0) is 11.2 Å². The number of aromatic amines is 1. The molecule has 0 saturated carbocycles. The molecule has 0 saturated heterocycles. The first-order valence-corrected chi connectivity index (χ1v) is 18.3. The fraction of sp³-hybridized carbons (Fsp3) is 0.156. The van der Waals surface area contributed by atoms with Crippen molar-refractivity contribution in [3.05, 3.63) is 148 Å². The molecule has 0 spiro atoms. The monoisotopic (exact) mass is 792 g/mol. The van der Waals surface area contributed by atoms with E-state index in [-0.39, 0.29) is 58.4 Å². The normalized spacial score (nSPS) is 11.1. The fourth-order valence-electron chi connectivity index (χ4n) is 6.06. The predicted octanol–water partition coefficient (Wildman–Crippen LogP) is 6.82. The molecule has 14 nitrogen and oxygen atoms in total. The van der Waals surface area contributed by atoms with Crippen LogP contribution in [0, 0.1) is 31.6 Å². The van der Waals surface area contributed by atoms with Gasteiger partial charge in [0.15, 0.2) is 28.8 Å². The zero-order chi connectivity index (χ0) is 42.1. The molecule has 0 aliphatic carbocycles. The van der Waals surface area contributed by atoms with Crippen LogP contribution in [0.2, 0.25) is 0 Å². The number of H-pyrrole nitrogens is 1. The highest BCUT2D eigenvalue weighted by molar-refractivity contribution is 6.10. The molecule has 0 aliphatic heterocycles. The number of methoxy groups -OCH3 is 2. The van der Waals surface area contributed by atoms with Gasteiger partial charge < -0.3 is 35.6 Å². The van der Waals surface area contributed by atoms with Crippen LogP contribution in [0.3, 0.4) is 0 Å². The number of aromatic hydroxyl groups is 2. The van der Waals surface area contributed by atoms with E-state index in [1.165, 1.54) is 56.8 Å². The number of hydrogen-bond acceptors (Lipinski definition) is 10. The van der Waals surface area contributed by atoms with Gasteiger partial charge in [-0.15, -0.1) is 0 Å². The van der Waals surface area contributed by atoms with Crippen LogP contribution in [-0.4, -0.2) is 63.3 Å². The number of rotatable bonds is 13. The van der Waals surface area contributed by atoms with Gasteiger partial charge in [-0.3, -0.25) is 19.2 Å². The Morgan fingerprint density at radius 3 is 1.88 bits per heavy atom. The number of hydrogen-bond donors (Lipinski definition) is 6. The molecule has 1 aromatic heterocycles. The number of phenols is 2. The number of phenolic OH excluding ortho intramolecular Hbond substituents is 2. The summed E-state index contributed by atoms with van der Waals surface area (Å²) in [5, 5.41) is 39.8. The highest BCUT2D eigenvalue weighted by Crippen LogP contribution is 2.40. The summed E-state index contributed by atoms with van der Waals surface area (Å²) in [6.45, 7) is 3.69. The van der Waals surface area contributed by atoms with Gasteiger partial charge in [0, 0.05) is 40.8 Å². The van der Waals surface area contributed by atoms with E-state index < -0.39 is 29.4 Å². The Labute approximate surface area is 339 Å². The SMILES string of the molecule is COc1c(NC(=O)c2ccc(NC(=O)c3ccc(NC(=O)[C@@H](CC(=O)c4ccc(C#Cc5ccc(C)cc5)cc4)Cc4cn[nH]n4)cc3)c(OC)c2O)ccc(C)c1O. The Kier molecular flexibility index (Phi) is 12.7. The summed E-state index contributed by atoms with van der Waals surface area (Å²) < 4.78 is 10.6. The van der Waals surface area contributed by atoms with Gasteiger partial charge in [-0.25, -0.2) is 0 Å². The quantitative estimate of drug-likeness (QED) is 0.0532.